The van der Waals surface area contributed by atoms with Crippen LogP contribution in [0.4, 0.5) is 5.69 Å². The molecule has 0 bridgehead atoms. The fourth-order valence-electron chi connectivity index (χ4n) is 3.58. The van der Waals surface area contributed by atoms with Crippen molar-refractivity contribution >= 4 is 40.4 Å². The van der Waals surface area contributed by atoms with Crippen molar-refractivity contribution in [3.8, 4) is 0 Å². The highest BCUT2D eigenvalue weighted by atomic mass is 32.1. The first kappa shape index (κ1) is 19.0. The highest BCUT2D eigenvalue weighted by molar-refractivity contribution is 7.80. The van der Waals surface area contributed by atoms with E-state index >= 15 is 0 Å². The van der Waals surface area contributed by atoms with Crippen LogP contribution in [0.2, 0.25) is 0 Å². The molecule has 27 heavy (non-hydrogen) atoms. The van der Waals surface area contributed by atoms with Gasteiger partial charge in [0.15, 0.2) is 5.11 Å². The maximum absolute atomic E-state index is 13.2. The van der Waals surface area contributed by atoms with Gasteiger partial charge >= 0.3 is 0 Å². The van der Waals surface area contributed by atoms with Gasteiger partial charge in [-0.15, -0.1) is 0 Å². The molecule has 5 nitrogen and oxygen atoms in total. The number of allylic oxidation sites excluding steroid dienone is 3. The van der Waals surface area contributed by atoms with Gasteiger partial charge in [-0.2, -0.15) is 0 Å². The predicted molar refractivity (Wildman–Crippen MR) is 112 cm³/mol. The summed E-state index contributed by atoms with van der Waals surface area (Å²) in [6, 6.07) is 7.80. The van der Waals surface area contributed by atoms with Crippen LogP contribution < -0.4 is 4.90 Å². The molecule has 0 N–H and O–H groups in total. The second-order valence-electron chi connectivity index (χ2n) is 6.20. The number of thiocarbonyl (C=S) groups is 1. The van der Waals surface area contributed by atoms with Crippen molar-refractivity contribution in [2.45, 2.75) is 20.8 Å². The summed E-state index contributed by atoms with van der Waals surface area (Å²) in [5.74, 6) is -0.682. The number of hydrogen-bond donors (Lipinski definition) is 0. The Hall–Kier alpha value is -2.73. The summed E-state index contributed by atoms with van der Waals surface area (Å²) in [5.41, 5.74) is 3.47. The second-order valence-corrected chi connectivity index (χ2v) is 6.57. The van der Waals surface area contributed by atoms with Crippen molar-refractivity contribution in [1.82, 2.24) is 9.80 Å². The van der Waals surface area contributed by atoms with Gasteiger partial charge in [0.2, 0.25) is 0 Å². The quantitative estimate of drug-likeness (QED) is 0.456. The summed E-state index contributed by atoms with van der Waals surface area (Å²) in [6.45, 7) is 11.3. The van der Waals surface area contributed by atoms with Gasteiger partial charge in [-0.05, 0) is 51.2 Å². The first-order valence-corrected chi connectivity index (χ1v) is 9.53. The molecule has 1 fully saturated rings. The van der Waals surface area contributed by atoms with E-state index in [4.69, 9.17) is 12.2 Å². The van der Waals surface area contributed by atoms with E-state index in [1.165, 1.54) is 9.80 Å². The number of rotatable bonds is 4. The second kappa shape index (κ2) is 7.48. The molecular formula is C21H23N3O2S. The van der Waals surface area contributed by atoms with E-state index in [1.807, 2.05) is 44.2 Å². The van der Waals surface area contributed by atoms with Crippen LogP contribution >= 0.6 is 12.2 Å². The molecule has 0 spiro atoms. The first-order chi connectivity index (χ1) is 13.0. The molecule has 0 radical (unpaired) electrons. The van der Waals surface area contributed by atoms with Crippen molar-refractivity contribution in [2.24, 2.45) is 0 Å². The molecule has 1 aromatic carbocycles. The summed E-state index contributed by atoms with van der Waals surface area (Å²) in [7, 11) is 0. The minimum Gasteiger partial charge on any atom is -0.341 e. The van der Waals surface area contributed by atoms with E-state index in [1.54, 1.807) is 6.08 Å². The van der Waals surface area contributed by atoms with Crippen molar-refractivity contribution < 1.29 is 9.59 Å². The predicted octanol–water partition coefficient (Wildman–Crippen LogP) is 3.35. The standard InChI is InChI=1S/C21H23N3O2S/c1-5-14-13-16(15-11-9-10-12-17(15)22(14)6-2)18-19(25)23(7-3)21(27)24(8-4)20(18)26/h5,9-13H,1,6-8H2,2-4H3. The number of nitrogens with zero attached hydrogens (tertiary/aromatic N) is 3. The molecule has 0 saturated carbocycles. The number of amides is 2. The van der Waals surface area contributed by atoms with E-state index in [9.17, 15) is 9.59 Å². The Morgan fingerprint density at radius 1 is 0.963 bits per heavy atom. The van der Waals surface area contributed by atoms with Gasteiger partial charge in [0.25, 0.3) is 11.8 Å². The summed E-state index contributed by atoms with van der Waals surface area (Å²) in [6.07, 6.45) is 3.62. The lowest BCUT2D eigenvalue weighted by atomic mass is 9.91. The fraction of sp³-hybridized carbons (Fsp3) is 0.286. The average molecular weight is 382 g/mol. The fourth-order valence-corrected chi connectivity index (χ4v) is 4.00. The molecule has 0 aliphatic carbocycles. The van der Waals surface area contributed by atoms with Crippen molar-refractivity contribution in [3.05, 3.63) is 59.8 Å². The summed E-state index contributed by atoms with van der Waals surface area (Å²) in [5, 5.41) is 0.270. The Morgan fingerprint density at radius 2 is 1.52 bits per heavy atom. The van der Waals surface area contributed by atoms with Gasteiger partial charge in [-0.25, -0.2) is 0 Å². The molecule has 3 rings (SSSR count). The van der Waals surface area contributed by atoms with Crippen LogP contribution in [-0.4, -0.2) is 46.4 Å². The summed E-state index contributed by atoms with van der Waals surface area (Å²) in [4.78, 5) is 31.4. The van der Waals surface area contributed by atoms with Gasteiger partial charge in [0.05, 0.1) is 0 Å². The van der Waals surface area contributed by atoms with Crippen LogP contribution in [0.15, 0.2) is 54.3 Å². The molecule has 2 heterocycles. The molecule has 1 saturated heterocycles. The highest BCUT2D eigenvalue weighted by Crippen LogP contribution is 2.39. The number of benzene rings is 1. The van der Waals surface area contributed by atoms with Crippen LogP contribution in [0.25, 0.3) is 5.57 Å². The minimum atomic E-state index is -0.341. The Balaban J connectivity index is 2.32. The maximum Gasteiger partial charge on any atom is 0.266 e. The molecule has 6 heteroatoms. The average Bonchev–Trinajstić information content (AvgIpc) is 2.68. The van der Waals surface area contributed by atoms with Crippen LogP contribution in [0.5, 0.6) is 0 Å². The topological polar surface area (TPSA) is 43.9 Å². The van der Waals surface area contributed by atoms with Gasteiger partial charge in [-0.1, -0.05) is 24.8 Å². The van der Waals surface area contributed by atoms with E-state index < -0.39 is 0 Å². The third-order valence-electron chi connectivity index (χ3n) is 4.90. The lowest BCUT2D eigenvalue weighted by molar-refractivity contribution is -0.133. The molecule has 1 aromatic rings. The van der Waals surface area contributed by atoms with E-state index in [-0.39, 0.29) is 22.5 Å². The van der Waals surface area contributed by atoms with Crippen LogP contribution in [0.1, 0.15) is 26.3 Å². The molecular weight excluding hydrogens is 358 g/mol. The van der Waals surface area contributed by atoms with Crippen LogP contribution in [-0.2, 0) is 9.59 Å². The van der Waals surface area contributed by atoms with Crippen LogP contribution in [0, 0.1) is 0 Å². The summed E-state index contributed by atoms with van der Waals surface area (Å²) >= 11 is 5.36. The molecule has 2 aliphatic rings. The van der Waals surface area contributed by atoms with Crippen molar-refractivity contribution in [1.29, 1.82) is 0 Å². The smallest absolute Gasteiger partial charge is 0.266 e. The highest BCUT2D eigenvalue weighted by Gasteiger charge is 2.40. The largest absolute Gasteiger partial charge is 0.341 e. The monoisotopic (exact) mass is 381 g/mol. The minimum absolute atomic E-state index is 0.162. The zero-order chi connectivity index (χ0) is 19.7. The third kappa shape index (κ3) is 2.90. The maximum atomic E-state index is 13.2. The van der Waals surface area contributed by atoms with Gasteiger partial charge in [-0.3, -0.25) is 19.4 Å². The molecule has 0 unspecified atom stereocenters. The Labute approximate surface area is 165 Å². The van der Waals surface area contributed by atoms with Crippen LogP contribution in [0.3, 0.4) is 0 Å². The number of fused-ring (bicyclic) bond motifs is 1. The van der Waals surface area contributed by atoms with Gasteiger partial charge in [0, 0.05) is 42.2 Å². The number of likely N-dealkylation sites (N-methyl/N-ethyl adjacent to an activating group) is 3. The number of carbonyl (C=O) groups is 2. The van der Waals surface area contributed by atoms with E-state index in [0.717, 1.165) is 23.5 Å². The zero-order valence-electron chi connectivity index (χ0n) is 15.9. The molecule has 0 atom stereocenters. The first-order valence-electron chi connectivity index (χ1n) is 9.13. The van der Waals surface area contributed by atoms with Crippen molar-refractivity contribution in [3.63, 3.8) is 0 Å². The van der Waals surface area contributed by atoms with Gasteiger partial charge in [0.1, 0.15) is 5.57 Å². The van der Waals surface area contributed by atoms with E-state index in [2.05, 4.69) is 18.4 Å². The number of para-hydroxylation sites is 1. The van der Waals surface area contributed by atoms with Crippen molar-refractivity contribution in [2.75, 3.05) is 24.5 Å². The lowest BCUT2D eigenvalue weighted by Gasteiger charge is -2.37. The number of hydrogen-bond acceptors (Lipinski definition) is 4. The molecule has 2 aliphatic heterocycles. The summed E-state index contributed by atoms with van der Waals surface area (Å²) < 4.78 is 0. The molecule has 140 valence electrons. The third-order valence-corrected chi connectivity index (χ3v) is 5.34. The number of carbonyl (C=O) groups excluding carboxylic acids is 2. The zero-order valence-corrected chi connectivity index (χ0v) is 16.7. The Bertz CT molecular complexity index is 872. The normalized spacial score (nSPS) is 17.4. The molecule has 0 aromatic heterocycles. The Morgan fingerprint density at radius 3 is 2.04 bits per heavy atom. The van der Waals surface area contributed by atoms with E-state index in [0.29, 0.717) is 18.7 Å². The number of anilines is 1. The van der Waals surface area contributed by atoms with Gasteiger partial charge < -0.3 is 4.90 Å². The SMILES string of the molecule is C=CC1=CC(=C2C(=O)N(CC)C(=S)N(CC)C2=O)c2ccccc2N1CC. The lowest BCUT2D eigenvalue weighted by Crippen LogP contribution is -2.56. The Kier molecular flexibility index (Phi) is 5.28. The molecule has 2 amide bonds.